The van der Waals surface area contributed by atoms with Crippen LogP contribution in [0.2, 0.25) is 0 Å². The van der Waals surface area contributed by atoms with Gasteiger partial charge in [-0.3, -0.25) is 0 Å². The molecule has 0 rings (SSSR count). The topological polar surface area (TPSA) is 13.0 Å². The summed E-state index contributed by atoms with van der Waals surface area (Å²) in [4.78, 5) is -2.80. The van der Waals surface area contributed by atoms with E-state index in [-0.39, 0.29) is 0 Å². The van der Waals surface area contributed by atoms with E-state index in [1.54, 1.807) is 0 Å². The number of halogens is 1. The van der Waals surface area contributed by atoms with Crippen LogP contribution in [-0.4, -0.2) is 71.0 Å². The molecule has 4 nitrogen and oxygen atoms in total. The molecule has 38 heavy (non-hydrogen) atoms. The van der Waals surface area contributed by atoms with E-state index in [4.69, 9.17) is 0 Å². The van der Waals surface area contributed by atoms with E-state index in [0.29, 0.717) is 0 Å². The fourth-order valence-electron chi connectivity index (χ4n) is 6.24. The molecule has 0 spiro atoms. The molecule has 0 aromatic rings. The molecule has 0 amide bonds. The fourth-order valence-corrected chi connectivity index (χ4v) is 17.8. The predicted molar refractivity (Wildman–Crippen MR) is 186 cm³/mol. The molecule has 0 saturated carbocycles. The van der Waals surface area contributed by atoms with E-state index in [0.717, 1.165) is 0 Å². The molecule has 0 bridgehead atoms. The Morgan fingerprint density at radius 1 is 0.316 bits per heavy atom. The predicted octanol–water partition coefficient (Wildman–Crippen LogP) is 11.2. The van der Waals surface area contributed by atoms with Crippen molar-refractivity contribution in [3.05, 3.63) is 0 Å². The molecule has 0 aliphatic heterocycles. The van der Waals surface area contributed by atoms with Crippen molar-refractivity contribution in [1.82, 2.24) is 18.7 Å². The van der Waals surface area contributed by atoms with Gasteiger partial charge < -0.3 is 0 Å². The van der Waals surface area contributed by atoms with Crippen LogP contribution in [0.3, 0.4) is 0 Å². The first-order valence-corrected chi connectivity index (χ1v) is 22.0. The fraction of sp³-hybridized carbons (Fsp3) is 1.00. The first kappa shape index (κ1) is 39.0. The van der Waals surface area contributed by atoms with Crippen LogP contribution in [0.15, 0.2) is 0 Å². The van der Waals surface area contributed by atoms with E-state index < -0.39 is 4.85 Å². The van der Waals surface area contributed by atoms with E-state index >= 15 is 0 Å². The first-order chi connectivity index (χ1) is 18.4. The van der Waals surface area contributed by atoms with Gasteiger partial charge >= 0.3 is 256 Å². The Morgan fingerprint density at radius 2 is 0.553 bits per heavy atom. The van der Waals surface area contributed by atoms with Crippen LogP contribution in [0.4, 0.5) is 0 Å². The SMILES string of the molecule is CCCCCCCN(CCCCCCC)P(I)(N(CCC)CCC)(N(CCC)CCC)N(CCC)CCC. The third kappa shape index (κ3) is 11.3. The van der Waals surface area contributed by atoms with E-state index in [1.807, 2.05) is 0 Å². The molecule has 6 heteroatoms. The van der Waals surface area contributed by atoms with Crippen LogP contribution in [0, 0.1) is 0 Å². The molecule has 0 fully saturated rings. The molecule has 0 heterocycles. The summed E-state index contributed by atoms with van der Waals surface area (Å²) in [6.45, 7) is 28.9. The Kier molecular flexibility index (Phi) is 24.2. The summed E-state index contributed by atoms with van der Waals surface area (Å²) in [7, 11) is 0. The molecular weight excluding hydrogens is 598 g/mol. The zero-order chi connectivity index (χ0) is 28.7. The molecule has 0 aliphatic carbocycles. The summed E-state index contributed by atoms with van der Waals surface area (Å²) in [6, 6.07) is 0. The summed E-state index contributed by atoms with van der Waals surface area (Å²) in [5.74, 6) is 0. The van der Waals surface area contributed by atoms with Gasteiger partial charge in [0.05, 0.1) is 0 Å². The van der Waals surface area contributed by atoms with Gasteiger partial charge in [0.2, 0.25) is 0 Å². The summed E-state index contributed by atoms with van der Waals surface area (Å²) in [5.41, 5.74) is 0. The number of unbranched alkanes of at least 4 members (excludes halogenated alkanes) is 8. The average Bonchev–Trinajstić information content (AvgIpc) is 2.91. The van der Waals surface area contributed by atoms with Crippen molar-refractivity contribution in [1.29, 1.82) is 0 Å². The second kappa shape index (κ2) is 23.6. The molecular formula is C32H72IN4P. The molecule has 0 atom stereocenters. The zero-order valence-electron chi connectivity index (χ0n) is 27.6. The van der Waals surface area contributed by atoms with Crippen molar-refractivity contribution in [3.8, 4) is 0 Å². The Morgan fingerprint density at radius 3 is 0.789 bits per heavy atom. The monoisotopic (exact) mass is 670 g/mol. The maximum atomic E-state index is 3.17. The van der Waals surface area contributed by atoms with Gasteiger partial charge in [-0.2, -0.15) is 0 Å². The summed E-state index contributed by atoms with van der Waals surface area (Å²) >= 11 is 3.17. The van der Waals surface area contributed by atoms with Crippen molar-refractivity contribution in [2.24, 2.45) is 0 Å². The Bertz CT molecular complexity index is 460. The van der Waals surface area contributed by atoms with Crippen molar-refractivity contribution >= 4 is 26.9 Å². The van der Waals surface area contributed by atoms with E-state index in [2.05, 4.69) is 96.1 Å². The molecule has 0 N–H and O–H groups in total. The Balaban J connectivity index is 7.06. The molecule has 0 radical (unpaired) electrons. The first-order valence-electron chi connectivity index (χ1n) is 17.2. The normalized spacial score (nSPS) is 13.8. The third-order valence-electron chi connectivity index (χ3n) is 7.88. The summed E-state index contributed by atoms with van der Waals surface area (Å²) < 4.78 is 12.4. The van der Waals surface area contributed by atoms with Crippen LogP contribution in [-0.2, 0) is 0 Å². The number of hydrogen-bond donors (Lipinski definition) is 0. The van der Waals surface area contributed by atoms with Crippen LogP contribution in [0.5, 0.6) is 0 Å². The van der Waals surface area contributed by atoms with Crippen LogP contribution < -0.4 is 0 Å². The summed E-state index contributed by atoms with van der Waals surface area (Å²) in [6.07, 6.45) is 21.1. The van der Waals surface area contributed by atoms with Crippen LogP contribution in [0.1, 0.15) is 158 Å². The third-order valence-corrected chi connectivity index (χ3v) is 20.7. The van der Waals surface area contributed by atoms with Crippen molar-refractivity contribution in [3.63, 3.8) is 0 Å². The maximum absolute atomic E-state index is 3.17. The van der Waals surface area contributed by atoms with Gasteiger partial charge in [0, 0.05) is 0 Å². The molecule has 232 valence electrons. The van der Waals surface area contributed by atoms with Gasteiger partial charge in [-0.05, 0) is 0 Å². The van der Waals surface area contributed by atoms with Crippen molar-refractivity contribution in [2.45, 2.75) is 158 Å². The average molecular weight is 671 g/mol. The molecule has 0 unspecified atom stereocenters. The van der Waals surface area contributed by atoms with Crippen molar-refractivity contribution in [2.75, 3.05) is 52.4 Å². The van der Waals surface area contributed by atoms with E-state index in [9.17, 15) is 0 Å². The number of nitrogens with zero attached hydrogens (tertiary/aromatic N) is 4. The molecule has 0 saturated heterocycles. The number of rotatable bonds is 28. The van der Waals surface area contributed by atoms with Crippen molar-refractivity contribution < 1.29 is 0 Å². The minimum absolute atomic E-state index is 1.21. The minimum atomic E-state index is -2.80. The Labute approximate surface area is 255 Å². The molecule has 0 aromatic carbocycles. The van der Waals surface area contributed by atoms with Gasteiger partial charge in [-0.25, -0.2) is 0 Å². The Hall–Kier alpha value is 1.00. The standard InChI is InChI=1S/C32H72IN4P/c1-9-17-19-21-23-31-37(32-24-22-20-18-10-2)38(33,34(25-11-3)26-12-4,35(27-13-5)28-14-6)36(29-15-7)30-16-8/h9-32H2,1-8H3. The van der Waals surface area contributed by atoms with Gasteiger partial charge in [-0.1, -0.05) is 0 Å². The van der Waals surface area contributed by atoms with E-state index in [1.165, 1.54) is 155 Å². The molecule has 0 aromatic heterocycles. The van der Waals surface area contributed by atoms with Gasteiger partial charge in [0.25, 0.3) is 0 Å². The number of hydrogen-bond acceptors (Lipinski definition) is 4. The second-order valence-corrected chi connectivity index (χ2v) is 20.6. The second-order valence-electron chi connectivity index (χ2n) is 11.5. The van der Waals surface area contributed by atoms with Gasteiger partial charge in [0.15, 0.2) is 0 Å². The van der Waals surface area contributed by atoms with Crippen LogP contribution in [0.25, 0.3) is 0 Å². The quantitative estimate of drug-likeness (QED) is 0.0467. The summed E-state index contributed by atoms with van der Waals surface area (Å²) in [5, 5.41) is 0. The van der Waals surface area contributed by atoms with Gasteiger partial charge in [0.1, 0.15) is 0 Å². The molecule has 0 aliphatic rings. The van der Waals surface area contributed by atoms with Gasteiger partial charge in [-0.15, -0.1) is 0 Å². The zero-order valence-corrected chi connectivity index (χ0v) is 30.6. The van der Waals surface area contributed by atoms with Crippen LogP contribution >= 0.6 is 26.9 Å².